The van der Waals surface area contributed by atoms with Gasteiger partial charge >= 0.3 is 5.97 Å². The maximum atomic E-state index is 12.0. The summed E-state index contributed by atoms with van der Waals surface area (Å²) >= 11 is 0. The van der Waals surface area contributed by atoms with E-state index in [4.69, 9.17) is 9.47 Å². The first-order valence-corrected chi connectivity index (χ1v) is 6.76. The van der Waals surface area contributed by atoms with Gasteiger partial charge in [0.05, 0.1) is 23.6 Å². The number of hydrogen-bond acceptors (Lipinski definition) is 6. The number of carbonyl (C=O) groups is 2. The highest BCUT2D eigenvalue weighted by atomic mass is 16.6. The molecule has 0 spiro atoms. The lowest BCUT2D eigenvalue weighted by Gasteiger charge is -2.15. The average Bonchev–Trinajstić information content (AvgIpc) is 3.31. The highest BCUT2D eigenvalue weighted by molar-refractivity contribution is 5.96. The van der Waals surface area contributed by atoms with Crippen molar-refractivity contribution in [2.75, 3.05) is 12.4 Å². The van der Waals surface area contributed by atoms with E-state index in [1.165, 1.54) is 32.2 Å². The van der Waals surface area contributed by atoms with Crippen molar-refractivity contribution in [3.05, 3.63) is 28.3 Å². The molecule has 1 amide bonds. The molecular weight excluding hydrogens is 292 g/mol. The number of nitrogens with one attached hydrogen (secondary N) is 1. The number of methoxy groups -OCH3 is 1. The van der Waals surface area contributed by atoms with Crippen molar-refractivity contribution in [2.45, 2.75) is 25.9 Å². The molecule has 1 aromatic carbocycles. The van der Waals surface area contributed by atoms with E-state index in [-0.39, 0.29) is 23.0 Å². The molecule has 22 heavy (non-hydrogen) atoms. The molecule has 118 valence electrons. The van der Waals surface area contributed by atoms with Crippen molar-refractivity contribution in [2.24, 2.45) is 5.92 Å². The molecule has 1 aromatic rings. The van der Waals surface area contributed by atoms with Crippen molar-refractivity contribution < 1.29 is 24.0 Å². The smallest absolute Gasteiger partial charge is 0.309 e. The zero-order valence-corrected chi connectivity index (χ0v) is 12.2. The fourth-order valence-corrected chi connectivity index (χ4v) is 1.78. The molecule has 0 saturated heterocycles. The van der Waals surface area contributed by atoms with E-state index in [0.717, 1.165) is 12.8 Å². The number of nitro benzene ring substituents is 1. The predicted octanol–water partition coefficient (Wildman–Crippen LogP) is 1.88. The highest BCUT2D eigenvalue weighted by Crippen LogP contribution is 2.31. The maximum Gasteiger partial charge on any atom is 0.309 e. The molecular formula is C14H16N2O6. The van der Waals surface area contributed by atoms with E-state index in [1.54, 1.807) is 0 Å². The molecule has 8 heteroatoms. The number of non-ortho nitro benzene ring substituents is 1. The van der Waals surface area contributed by atoms with Crippen molar-refractivity contribution in [3.63, 3.8) is 0 Å². The summed E-state index contributed by atoms with van der Waals surface area (Å²) in [5.74, 6) is -0.802. The normalized spacial score (nSPS) is 14.8. The Labute approximate surface area is 126 Å². The fourth-order valence-electron chi connectivity index (χ4n) is 1.78. The van der Waals surface area contributed by atoms with Crippen molar-refractivity contribution in [1.82, 2.24) is 0 Å². The van der Waals surface area contributed by atoms with E-state index < -0.39 is 22.9 Å². The molecule has 0 radical (unpaired) electrons. The van der Waals surface area contributed by atoms with Gasteiger partial charge in [-0.1, -0.05) is 0 Å². The van der Waals surface area contributed by atoms with E-state index >= 15 is 0 Å². The second-order valence-electron chi connectivity index (χ2n) is 4.98. The van der Waals surface area contributed by atoms with Crippen LogP contribution in [0.4, 0.5) is 11.4 Å². The van der Waals surface area contributed by atoms with Crippen LogP contribution in [0.3, 0.4) is 0 Å². The number of ether oxygens (including phenoxy) is 2. The topological polar surface area (TPSA) is 108 Å². The number of nitro groups is 1. The van der Waals surface area contributed by atoms with Crippen LogP contribution < -0.4 is 10.1 Å². The van der Waals surface area contributed by atoms with E-state index in [9.17, 15) is 19.7 Å². The van der Waals surface area contributed by atoms with E-state index in [1.807, 2.05) is 0 Å². The Morgan fingerprint density at radius 2 is 2.09 bits per heavy atom. The average molecular weight is 308 g/mol. The molecule has 0 bridgehead atoms. The van der Waals surface area contributed by atoms with Gasteiger partial charge in [0.25, 0.3) is 11.6 Å². The van der Waals surface area contributed by atoms with E-state index in [0.29, 0.717) is 0 Å². The molecule has 1 atom stereocenters. The number of amides is 1. The van der Waals surface area contributed by atoms with Gasteiger partial charge < -0.3 is 14.8 Å². The Balaban J connectivity index is 2.07. The first kappa shape index (κ1) is 15.7. The Hall–Kier alpha value is -2.64. The van der Waals surface area contributed by atoms with Gasteiger partial charge in [-0.05, 0) is 25.8 Å². The van der Waals surface area contributed by atoms with E-state index in [2.05, 4.69) is 5.32 Å². The molecule has 0 heterocycles. The number of rotatable bonds is 6. The lowest BCUT2D eigenvalue weighted by Crippen LogP contribution is -2.30. The lowest BCUT2D eigenvalue weighted by atomic mass is 10.2. The minimum atomic E-state index is -0.989. The molecule has 1 fully saturated rings. The largest absolute Gasteiger partial charge is 0.495 e. The third-order valence-electron chi connectivity index (χ3n) is 3.22. The molecule has 1 N–H and O–H groups in total. The summed E-state index contributed by atoms with van der Waals surface area (Å²) in [6.45, 7) is 1.44. The summed E-state index contributed by atoms with van der Waals surface area (Å²) < 4.78 is 10.1. The minimum Gasteiger partial charge on any atom is -0.495 e. The second kappa shape index (κ2) is 6.42. The van der Waals surface area contributed by atoms with Gasteiger partial charge in [0.2, 0.25) is 0 Å². The van der Waals surface area contributed by atoms with Crippen LogP contribution in [-0.4, -0.2) is 30.0 Å². The number of hydrogen-bond donors (Lipinski definition) is 1. The zero-order chi connectivity index (χ0) is 16.3. The summed E-state index contributed by atoms with van der Waals surface area (Å²) in [6.07, 6.45) is 0.578. The molecule has 0 aliphatic heterocycles. The van der Waals surface area contributed by atoms with Crippen LogP contribution in [0.1, 0.15) is 19.8 Å². The van der Waals surface area contributed by atoms with Crippen LogP contribution in [0.2, 0.25) is 0 Å². The van der Waals surface area contributed by atoms with Gasteiger partial charge in [-0.3, -0.25) is 19.7 Å². The Kier molecular flexibility index (Phi) is 4.59. The highest BCUT2D eigenvalue weighted by Gasteiger charge is 2.33. The molecule has 1 aliphatic rings. The van der Waals surface area contributed by atoms with Crippen LogP contribution in [0.15, 0.2) is 18.2 Å². The standard InChI is InChI=1S/C14H16N2O6/c1-8(22-14(18)9-3-4-9)13(17)15-11-7-10(16(19)20)5-6-12(11)21-2/h5-9H,3-4H2,1-2H3,(H,15,17)/t8-/m0/s1. The zero-order valence-electron chi connectivity index (χ0n) is 12.2. The minimum absolute atomic E-state index is 0.109. The Morgan fingerprint density at radius 1 is 1.41 bits per heavy atom. The second-order valence-corrected chi connectivity index (χ2v) is 4.98. The van der Waals surface area contributed by atoms with Crippen LogP contribution in [0, 0.1) is 16.0 Å². The third kappa shape index (κ3) is 3.72. The first-order chi connectivity index (χ1) is 10.4. The van der Waals surface area contributed by atoms with Gasteiger partial charge in [-0.15, -0.1) is 0 Å². The molecule has 0 aromatic heterocycles. The SMILES string of the molecule is COc1ccc([N+](=O)[O-])cc1NC(=O)[C@H](C)OC(=O)C1CC1. The Morgan fingerprint density at radius 3 is 2.64 bits per heavy atom. The summed E-state index contributed by atoms with van der Waals surface area (Å²) in [7, 11) is 1.38. The predicted molar refractivity (Wildman–Crippen MR) is 76.6 cm³/mol. The van der Waals surface area contributed by atoms with Crippen LogP contribution in [0.25, 0.3) is 0 Å². The number of esters is 1. The molecule has 1 saturated carbocycles. The number of anilines is 1. The van der Waals surface area contributed by atoms with Crippen molar-refractivity contribution in [3.8, 4) is 5.75 Å². The Bertz CT molecular complexity index is 611. The van der Waals surface area contributed by atoms with Crippen molar-refractivity contribution >= 4 is 23.3 Å². The summed E-state index contributed by atoms with van der Waals surface area (Å²) in [5.41, 5.74) is -0.0326. The van der Waals surface area contributed by atoms with Gasteiger partial charge in [-0.2, -0.15) is 0 Å². The number of benzene rings is 1. The summed E-state index contributed by atoms with van der Waals surface area (Å²) in [6, 6.07) is 3.84. The quantitative estimate of drug-likeness (QED) is 0.488. The maximum absolute atomic E-state index is 12.0. The summed E-state index contributed by atoms with van der Waals surface area (Å²) in [4.78, 5) is 33.8. The van der Waals surface area contributed by atoms with Gasteiger partial charge in [0.15, 0.2) is 6.10 Å². The molecule has 8 nitrogen and oxygen atoms in total. The number of carbonyl (C=O) groups excluding carboxylic acids is 2. The van der Waals surface area contributed by atoms with Gasteiger partial charge in [0.1, 0.15) is 5.75 Å². The lowest BCUT2D eigenvalue weighted by molar-refractivity contribution is -0.384. The fraction of sp³-hybridized carbons (Fsp3) is 0.429. The van der Waals surface area contributed by atoms with Crippen LogP contribution in [0.5, 0.6) is 5.75 Å². The van der Waals surface area contributed by atoms with Gasteiger partial charge in [-0.25, -0.2) is 0 Å². The number of nitrogens with zero attached hydrogens (tertiary/aromatic N) is 1. The third-order valence-corrected chi connectivity index (χ3v) is 3.22. The molecule has 2 rings (SSSR count). The van der Waals surface area contributed by atoms with Crippen molar-refractivity contribution in [1.29, 1.82) is 0 Å². The van der Waals surface area contributed by atoms with Crippen LogP contribution in [-0.2, 0) is 14.3 Å². The van der Waals surface area contributed by atoms with Gasteiger partial charge in [0, 0.05) is 12.1 Å². The monoisotopic (exact) mass is 308 g/mol. The summed E-state index contributed by atoms with van der Waals surface area (Å²) in [5, 5.41) is 13.3. The first-order valence-electron chi connectivity index (χ1n) is 6.76. The molecule has 0 unspecified atom stereocenters. The van der Waals surface area contributed by atoms with Crippen LogP contribution >= 0.6 is 0 Å². The molecule has 1 aliphatic carbocycles.